The number of carbonyl (C=O) groups excluding carboxylic acids is 1. The summed E-state index contributed by atoms with van der Waals surface area (Å²) in [6.07, 6.45) is 8.21. The summed E-state index contributed by atoms with van der Waals surface area (Å²) in [6, 6.07) is 0. The van der Waals surface area contributed by atoms with E-state index in [0.717, 1.165) is 12.8 Å². The van der Waals surface area contributed by atoms with Gasteiger partial charge in [0.25, 0.3) is 0 Å². The second-order valence-corrected chi connectivity index (χ2v) is 5.32. The van der Waals surface area contributed by atoms with Gasteiger partial charge < -0.3 is 5.11 Å². The first-order chi connectivity index (χ1) is 7.11. The van der Waals surface area contributed by atoms with E-state index < -0.39 is 0 Å². The van der Waals surface area contributed by atoms with Crippen molar-refractivity contribution in [3.63, 3.8) is 0 Å². The molecule has 15 heavy (non-hydrogen) atoms. The number of hydrogen-bond acceptors (Lipinski definition) is 2. The maximum absolute atomic E-state index is 11.4. The molecule has 0 aliphatic heterocycles. The third kappa shape index (κ3) is 1.18. The molecular weight excluding hydrogens is 188 g/mol. The van der Waals surface area contributed by atoms with Crippen molar-refractivity contribution in [1.29, 1.82) is 0 Å². The van der Waals surface area contributed by atoms with Crippen molar-refractivity contribution in [2.45, 2.75) is 32.3 Å². The lowest BCUT2D eigenvalue weighted by Gasteiger charge is -2.43. The van der Waals surface area contributed by atoms with Crippen LogP contribution in [0.15, 0.2) is 23.8 Å². The van der Waals surface area contributed by atoms with Crippen LogP contribution in [0.2, 0.25) is 0 Å². The average Bonchev–Trinajstić information content (AvgIpc) is 2.44. The van der Waals surface area contributed by atoms with Gasteiger partial charge in [-0.2, -0.15) is 0 Å². The normalized spacial score (nSPS) is 47.7. The van der Waals surface area contributed by atoms with Gasteiger partial charge in [0.1, 0.15) is 0 Å². The van der Waals surface area contributed by atoms with Crippen molar-refractivity contribution in [2.24, 2.45) is 17.3 Å². The lowest BCUT2D eigenvalue weighted by molar-refractivity contribution is -0.119. The van der Waals surface area contributed by atoms with Crippen LogP contribution in [-0.2, 0) is 4.79 Å². The monoisotopic (exact) mass is 204 g/mol. The van der Waals surface area contributed by atoms with Crippen LogP contribution in [-0.4, -0.2) is 17.0 Å². The largest absolute Gasteiger partial charge is 0.393 e. The topological polar surface area (TPSA) is 37.3 Å². The molecule has 3 aliphatic carbocycles. The van der Waals surface area contributed by atoms with Gasteiger partial charge >= 0.3 is 0 Å². The average molecular weight is 204 g/mol. The van der Waals surface area contributed by atoms with E-state index in [2.05, 4.69) is 13.0 Å². The lowest BCUT2D eigenvalue weighted by atomic mass is 9.62. The fraction of sp³-hybridized carbons (Fsp3) is 0.615. The summed E-state index contributed by atoms with van der Waals surface area (Å²) in [5, 5.41) is 10.1. The van der Waals surface area contributed by atoms with Gasteiger partial charge in [-0.25, -0.2) is 0 Å². The highest BCUT2D eigenvalue weighted by Gasteiger charge is 2.51. The molecule has 0 aromatic rings. The van der Waals surface area contributed by atoms with E-state index in [0.29, 0.717) is 12.3 Å². The van der Waals surface area contributed by atoms with Gasteiger partial charge in [-0.3, -0.25) is 4.79 Å². The number of ketones is 1. The summed E-state index contributed by atoms with van der Waals surface area (Å²) in [4.78, 5) is 11.4. The number of allylic oxidation sites excluding steroid dienone is 4. The van der Waals surface area contributed by atoms with Crippen LogP contribution in [0.25, 0.3) is 0 Å². The summed E-state index contributed by atoms with van der Waals surface area (Å²) < 4.78 is 0. The van der Waals surface area contributed by atoms with Gasteiger partial charge in [-0.1, -0.05) is 17.7 Å². The van der Waals surface area contributed by atoms with Crippen molar-refractivity contribution in [3.8, 4) is 0 Å². The van der Waals surface area contributed by atoms with Crippen LogP contribution in [0.5, 0.6) is 0 Å². The van der Waals surface area contributed by atoms with Gasteiger partial charge in [0.2, 0.25) is 0 Å². The Morgan fingerprint density at radius 3 is 3.13 bits per heavy atom. The predicted octanol–water partition coefficient (Wildman–Crippen LogP) is 1.85. The highest BCUT2D eigenvalue weighted by Crippen LogP contribution is 2.56. The van der Waals surface area contributed by atoms with Gasteiger partial charge in [0, 0.05) is 17.8 Å². The van der Waals surface area contributed by atoms with E-state index in [1.54, 1.807) is 6.08 Å². The van der Waals surface area contributed by atoms with E-state index in [9.17, 15) is 9.90 Å². The molecule has 0 heterocycles. The molecule has 2 bridgehead atoms. The third-order valence-electron chi connectivity index (χ3n) is 4.42. The summed E-state index contributed by atoms with van der Waals surface area (Å²) in [5.74, 6) is 0.832. The number of rotatable bonds is 0. The van der Waals surface area contributed by atoms with E-state index in [1.165, 1.54) is 5.57 Å². The number of aliphatic hydroxyl groups excluding tert-OH is 1. The predicted molar refractivity (Wildman–Crippen MR) is 57.2 cm³/mol. The third-order valence-corrected chi connectivity index (χ3v) is 4.42. The number of aliphatic hydroxyl groups is 1. The minimum absolute atomic E-state index is 0.000324. The molecule has 0 aromatic carbocycles. The lowest BCUT2D eigenvalue weighted by Crippen LogP contribution is -2.43. The summed E-state index contributed by atoms with van der Waals surface area (Å²) >= 11 is 0. The SMILES string of the molecule is CC1=CC23C=CC(=O)CC2[C@@H](O)CC1C3. The number of hydrogen-bond donors (Lipinski definition) is 1. The molecule has 1 fully saturated rings. The molecule has 3 aliphatic rings. The molecule has 0 amide bonds. The second-order valence-electron chi connectivity index (χ2n) is 5.32. The molecule has 1 saturated carbocycles. The fourth-order valence-electron chi connectivity index (χ4n) is 3.63. The maximum Gasteiger partial charge on any atom is 0.155 e. The first-order valence-electron chi connectivity index (χ1n) is 5.70. The Kier molecular flexibility index (Phi) is 1.76. The first-order valence-corrected chi connectivity index (χ1v) is 5.70. The van der Waals surface area contributed by atoms with Crippen LogP contribution in [0.1, 0.15) is 26.2 Å². The molecule has 4 atom stereocenters. The minimum Gasteiger partial charge on any atom is -0.393 e. The molecule has 2 nitrogen and oxygen atoms in total. The maximum atomic E-state index is 11.4. The summed E-state index contributed by atoms with van der Waals surface area (Å²) in [6.45, 7) is 2.15. The second kappa shape index (κ2) is 2.82. The molecule has 2 heteroatoms. The van der Waals surface area contributed by atoms with E-state index >= 15 is 0 Å². The Labute approximate surface area is 89.7 Å². The van der Waals surface area contributed by atoms with Gasteiger partial charge in [0.15, 0.2) is 5.78 Å². The summed E-state index contributed by atoms with van der Waals surface area (Å²) in [5.41, 5.74) is 1.40. The van der Waals surface area contributed by atoms with Crippen molar-refractivity contribution in [3.05, 3.63) is 23.8 Å². The van der Waals surface area contributed by atoms with Crippen molar-refractivity contribution in [1.82, 2.24) is 0 Å². The Hall–Kier alpha value is -0.890. The molecule has 0 saturated heterocycles. The zero-order chi connectivity index (χ0) is 10.6. The minimum atomic E-state index is -0.300. The number of carbonyl (C=O) groups is 1. The molecule has 0 aromatic heterocycles. The quantitative estimate of drug-likeness (QED) is 0.611. The highest BCUT2D eigenvalue weighted by atomic mass is 16.3. The van der Waals surface area contributed by atoms with Gasteiger partial charge in [0.05, 0.1) is 6.10 Å². The van der Waals surface area contributed by atoms with Gasteiger partial charge in [-0.15, -0.1) is 0 Å². The molecule has 1 N–H and O–H groups in total. The number of fused-ring (bicyclic) bond motifs is 1. The highest BCUT2D eigenvalue weighted by molar-refractivity contribution is 5.91. The van der Waals surface area contributed by atoms with Crippen LogP contribution < -0.4 is 0 Å². The van der Waals surface area contributed by atoms with Gasteiger partial charge in [-0.05, 0) is 31.8 Å². The van der Waals surface area contributed by atoms with Crippen LogP contribution in [0, 0.1) is 17.3 Å². The van der Waals surface area contributed by atoms with Crippen LogP contribution in [0.4, 0.5) is 0 Å². The molecular formula is C13H16O2. The van der Waals surface area contributed by atoms with E-state index in [1.807, 2.05) is 6.08 Å². The zero-order valence-electron chi connectivity index (χ0n) is 8.94. The van der Waals surface area contributed by atoms with E-state index in [4.69, 9.17) is 0 Å². The van der Waals surface area contributed by atoms with Crippen molar-refractivity contribution >= 4 is 5.78 Å². The van der Waals surface area contributed by atoms with Crippen LogP contribution >= 0.6 is 0 Å². The van der Waals surface area contributed by atoms with Crippen molar-refractivity contribution < 1.29 is 9.90 Å². The Balaban J connectivity index is 2.08. The van der Waals surface area contributed by atoms with Crippen LogP contribution in [0.3, 0.4) is 0 Å². The Morgan fingerprint density at radius 2 is 2.33 bits per heavy atom. The van der Waals surface area contributed by atoms with Crippen molar-refractivity contribution in [2.75, 3.05) is 0 Å². The molecule has 1 spiro atoms. The molecule has 80 valence electrons. The molecule has 3 rings (SSSR count). The smallest absolute Gasteiger partial charge is 0.155 e. The molecule has 3 unspecified atom stereocenters. The van der Waals surface area contributed by atoms with E-state index in [-0.39, 0.29) is 23.2 Å². The Bertz CT molecular complexity index is 380. The fourth-order valence-corrected chi connectivity index (χ4v) is 3.63. The zero-order valence-corrected chi connectivity index (χ0v) is 8.94. The molecule has 0 radical (unpaired) electrons. The first kappa shape index (κ1) is 9.34. The standard InChI is InChI=1S/C13H16O2/c1-8-6-13-3-2-10(14)5-11(13)12(15)4-9(8)7-13/h2-3,6,9,11-12,15H,4-5,7H2,1H3/t9?,11?,12-,13?/m0/s1. The Morgan fingerprint density at radius 1 is 1.53 bits per heavy atom. The summed E-state index contributed by atoms with van der Waals surface area (Å²) in [7, 11) is 0.